The predicted molar refractivity (Wildman–Crippen MR) is 64.9 cm³/mol. The van der Waals surface area contributed by atoms with Gasteiger partial charge >= 0.3 is 6.03 Å². The van der Waals surface area contributed by atoms with Crippen molar-refractivity contribution < 1.29 is 14.4 Å². The van der Waals surface area contributed by atoms with Gasteiger partial charge in [0.1, 0.15) is 0 Å². The van der Waals surface area contributed by atoms with Gasteiger partial charge in [-0.2, -0.15) is 4.98 Å². The number of aliphatic hydroxyl groups is 1. The van der Waals surface area contributed by atoms with Crippen LogP contribution in [0.4, 0.5) is 4.79 Å². The highest BCUT2D eigenvalue weighted by atomic mass is 16.5. The molecule has 0 aliphatic carbocycles. The molecular formula is C11H20N4O3. The van der Waals surface area contributed by atoms with Crippen molar-refractivity contribution in [3.8, 4) is 0 Å². The molecule has 102 valence electrons. The number of rotatable bonds is 6. The summed E-state index contributed by atoms with van der Waals surface area (Å²) in [5, 5.41) is 18.3. The second-order valence-corrected chi connectivity index (χ2v) is 4.17. The van der Waals surface area contributed by atoms with Crippen LogP contribution in [-0.4, -0.2) is 33.9 Å². The SMILES string of the molecule is CCC(NC(=O)NCCC(C)O)c1noc(C)n1. The number of urea groups is 1. The summed E-state index contributed by atoms with van der Waals surface area (Å²) in [5.74, 6) is 0.945. The quantitative estimate of drug-likeness (QED) is 0.702. The molecule has 0 saturated heterocycles. The van der Waals surface area contributed by atoms with Crippen molar-refractivity contribution in [1.29, 1.82) is 0 Å². The number of carbonyl (C=O) groups excluding carboxylic acids is 1. The molecule has 0 aromatic carbocycles. The van der Waals surface area contributed by atoms with Gasteiger partial charge in [-0.25, -0.2) is 4.79 Å². The molecule has 1 aromatic heterocycles. The van der Waals surface area contributed by atoms with Crippen molar-refractivity contribution >= 4 is 6.03 Å². The van der Waals surface area contributed by atoms with E-state index in [0.29, 0.717) is 31.1 Å². The van der Waals surface area contributed by atoms with Crippen LogP contribution in [0.15, 0.2) is 4.52 Å². The smallest absolute Gasteiger partial charge is 0.315 e. The third-order valence-corrected chi connectivity index (χ3v) is 2.42. The molecule has 1 heterocycles. The zero-order valence-corrected chi connectivity index (χ0v) is 10.9. The molecule has 0 fully saturated rings. The van der Waals surface area contributed by atoms with Gasteiger partial charge in [-0.15, -0.1) is 0 Å². The minimum absolute atomic E-state index is 0.269. The number of hydrogen-bond acceptors (Lipinski definition) is 5. The van der Waals surface area contributed by atoms with Gasteiger partial charge in [-0.1, -0.05) is 12.1 Å². The van der Waals surface area contributed by atoms with Crippen molar-refractivity contribution in [2.75, 3.05) is 6.54 Å². The van der Waals surface area contributed by atoms with Crippen LogP contribution in [0.2, 0.25) is 0 Å². The van der Waals surface area contributed by atoms with Crippen LogP contribution in [0.25, 0.3) is 0 Å². The summed E-state index contributed by atoms with van der Waals surface area (Å²) >= 11 is 0. The van der Waals surface area contributed by atoms with Crippen LogP contribution in [0.5, 0.6) is 0 Å². The molecule has 7 heteroatoms. The number of hydrogen-bond donors (Lipinski definition) is 3. The Labute approximate surface area is 106 Å². The summed E-state index contributed by atoms with van der Waals surface area (Å²) < 4.78 is 4.88. The fourth-order valence-electron chi connectivity index (χ4n) is 1.41. The molecule has 0 aliphatic rings. The minimum atomic E-state index is -0.424. The van der Waals surface area contributed by atoms with Crippen LogP contribution in [0.1, 0.15) is 44.4 Å². The van der Waals surface area contributed by atoms with Crippen LogP contribution in [0.3, 0.4) is 0 Å². The molecule has 3 N–H and O–H groups in total. The van der Waals surface area contributed by atoms with E-state index in [1.807, 2.05) is 6.92 Å². The van der Waals surface area contributed by atoms with Gasteiger partial charge in [0.25, 0.3) is 0 Å². The van der Waals surface area contributed by atoms with E-state index < -0.39 is 6.10 Å². The van der Waals surface area contributed by atoms with E-state index in [2.05, 4.69) is 20.8 Å². The summed E-state index contributed by atoms with van der Waals surface area (Å²) in [6.45, 7) is 5.72. The Morgan fingerprint density at radius 1 is 1.56 bits per heavy atom. The van der Waals surface area contributed by atoms with E-state index in [0.717, 1.165) is 0 Å². The van der Waals surface area contributed by atoms with Crippen LogP contribution in [-0.2, 0) is 0 Å². The number of aryl methyl sites for hydroxylation is 1. The zero-order valence-electron chi connectivity index (χ0n) is 10.9. The summed E-state index contributed by atoms with van der Waals surface area (Å²) in [4.78, 5) is 15.7. The summed E-state index contributed by atoms with van der Waals surface area (Å²) in [5.41, 5.74) is 0. The summed E-state index contributed by atoms with van der Waals surface area (Å²) in [6.07, 6.45) is 0.765. The van der Waals surface area contributed by atoms with Crippen molar-refractivity contribution in [3.05, 3.63) is 11.7 Å². The number of aliphatic hydroxyl groups excluding tert-OH is 1. The van der Waals surface area contributed by atoms with E-state index in [9.17, 15) is 4.79 Å². The number of aromatic nitrogens is 2. The van der Waals surface area contributed by atoms with Gasteiger partial charge in [0.05, 0.1) is 12.1 Å². The van der Waals surface area contributed by atoms with E-state index in [-0.39, 0.29) is 12.1 Å². The predicted octanol–water partition coefficient (Wildman–Crippen LogP) is 0.899. The average molecular weight is 256 g/mol. The first-order valence-corrected chi connectivity index (χ1v) is 6.05. The van der Waals surface area contributed by atoms with Gasteiger partial charge in [0.2, 0.25) is 5.89 Å². The third-order valence-electron chi connectivity index (χ3n) is 2.42. The van der Waals surface area contributed by atoms with Crippen molar-refractivity contribution in [1.82, 2.24) is 20.8 Å². The second kappa shape index (κ2) is 6.95. The molecule has 1 rings (SSSR count). The lowest BCUT2D eigenvalue weighted by Gasteiger charge is -2.14. The van der Waals surface area contributed by atoms with Gasteiger partial charge in [0, 0.05) is 13.5 Å². The largest absolute Gasteiger partial charge is 0.393 e. The highest BCUT2D eigenvalue weighted by Gasteiger charge is 2.17. The van der Waals surface area contributed by atoms with Gasteiger partial charge in [-0.3, -0.25) is 0 Å². The first-order chi connectivity index (χ1) is 8.52. The molecule has 0 aliphatic heterocycles. The molecule has 2 atom stereocenters. The Morgan fingerprint density at radius 3 is 2.78 bits per heavy atom. The Hall–Kier alpha value is -1.63. The van der Waals surface area contributed by atoms with Crippen molar-refractivity contribution in [3.63, 3.8) is 0 Å². The lowest BCUT2D eigenvalue weighted by Crippen LogP contribution is -2.39. The van der Waals surface area contributed by atoms with Crippen molar-refractivity contribution in [2.45, 2.75) is 45.8 Å². The fourth-order valence-corrected chi connectivity index (χ4v) is 1.41. The molecule has 7 nitrogen and oxygen atoms in total. The molecule has 0 saturated carbocycles. The van der Waals surface area contributed by atoms with E-state index >= 15 is 0 Å². The fraction of sp³-hybridized carbons (Fsp3) is 0.727. The maximum atomic E-state index is 11.6. The van der Waals surface area contributed by atoms with E-state index in [1.165, 1.54) is 0 Å². The Bertz CT molecular complexity index is 378. The number of amides is 2. The molecule has 1 aromatic rings. The highest BCUT2D eigenvalue weighted by molar-refractivity contribution is 5.74. The lowest BCUT2D eigenvalue weighted by molar-refractivity contribution is 0.183. The number of carbonyl (C=O) groups is 1. The lowest BCUT2D eigenvalue weighted by atomic mass is 10.2. The topological polar surface area (TPSA) is 100 Å². The van der Waals surface area contributed by atoms with Crippen LogP contribution < -0.4 is 10.6 Å². The zero-order chi connectivity index (χ0) is 13.5. The Balaban J connectivity index is 2.41. The van der Waals surface area contributed by atoms with Gasteiger partial charge < -0.3 is 20.3 Å². The van der Waals surface area contributed by atoms with E-state index in [4.69, 9.17) is 9.63 Å². The summed E-state index contributed by atoms with van der Waals surface area (Å²) in [6, 6.07) is -0.570. The molecule has 2 amide bonds. The molecule has 0 bridgehead atoms. The summed E-state index contributed by atoms with van der Waals surface area (Å²) in [7, 11) is 0. The normalized spacial score (nSPS) is 14.0. The van der Waals surface area contributed by atoms with Crippen LogP contribution in [0, 0.1) is 6.92 Å². The molecule has 0 radical (unpaired) electrons. The van der Waals surface area contributed by atoms with Gasteiger partial charge in [-0.05, 0) is 19.8 Å². The maximum absolute atomic E-state index is 11.6. The molecule has 0 spiro atoms. The highest BCUT2D eigenvalue weighted by Crippen LogP contribution is 2.12. The second-order valence-electron chi connectivity index (χ2n) is 4.17. The monoisotopic (exact) mass is 256 g/mol. The Kier molecular flexibility index (Phi) is 5.57. The number of nitrogens with zero attached hydrogens (tertiary/aromatic N) is 2. The third kappa shape index (κ3) is 4.70. The van der Waals surface area contributed by atoms with Crippen molar-refractivity contribution in [2.24, 2.45) is 0 Å². The molecule has 18 heavy (non-hydrogen) atoms. The standard InChI is InChI=1S/C11H20N4O3/c1-4-9(10-13-8(3)18-15-10)14-11(17)12-6-5-7(2)16/h7,9,16H,4-6H2,1-3H3,(H2,12,14,17). The average Bonchev–Trinajstić information content (AvgIpc) is 2.72. The first-order valence-electron chi connectivity index (χ1n) is 6.05. The van der Waals surface area contributed by atoms with Crippen LogP contribution >= 0.6 is 0 Å². The molecular weight excluding hydrogens is 236 g/mol. The maximum Gasteiger partial charge on any atom is 0.315 e. The first kappa shape index (κ1) is 14.4. The number of nitrogens with one attached hydrogen (secondary N) is 2. The van der Waals surface area contributed by atoms with E-state index in [1.54, 1.807) is 13.8 Å². The minimum Gasteiger partial charge on any atom is -0.393 e. The molecule has 2 unspecified atom stereocenters. The Morgan fingerprint density at radius 2 is 2.28 bits per heavy atom. The van der Waals surface area contributed by atoms with Gasteiger partial charge in [0.15, 0.2) is 5.82 Å².